The van der Waals surface area contributed by atoms with E-state index in [1.165, 1.54) is 0 Å². The zero-order valence-corrected chi connectivity index (χ0v) is 9.88. The van der Waals surface area contributed by atoms with Crippen LogP contribution >= 0.6 is 0 Å². The van der Waals surface area contributed by atoms with Crippen LogP contribution in [0.4, 0.5) is 0 Å². The van der Waals surface area contributed by atoms with Crippen LogP contribution in [0.5, 0.6) is 0 Å². The van der Waals surface area contributed by atoms with Crippen molar-refractivity contribution in [3.05, 3.63) is 0 Å². The van der Waals surface area contributed by atoms with E-state index in [0.717, 1.165) is 12.8 Å². The first kappa shape index (κ1) is 13.9. The summed E-state index contributed by atoms with van der Waals surface area (Å²) in [7, 11) is 0. The molecule has 0 heterocycles. The molecule has 0 aromatic carbocycles. The lowest BCUT2D eigenvalue weighted by Gasteiger charge is -2.33. The Morgan fingerprint density at radius 1 is 1.29 bits per heavy atom. The van der Waals surface area contributed by atoms with Crippen LogP contribution in [-0.2, 0) is 9.47 Å². The molecule has 0 aromatic rings. The summed E-state index contributed by atoms with van der Waals surface area (Å²) < 4.78 is 10.9. The SMILES string of the molecule is CCCOCC(O)C(C)(CC)OCC. The molecule has 1 N–H and O–H groups in total. The second-order valence-corrected chi connectivity index (χ2v) is 3.69. The normalized spacial score (nSPS) is 17.8. The lowest BCUT2D eigenvalue weighted by atomic mass is 9.96. The van der Waals surface area contributed by atoms with Gasteiger partial charge in [-0.25, -0.2) is 0 Å². The van der Waals surface area contributed by atoms with Crippen LogP contribution in [0, 0.1) is 0 Å². The van der Waals surface area contributed by atoms with E-state index in [9.17, 15) is 5.11 Å². The second kappa shape index (κ2) is 7.21. The molecule has 3 nitrogen and oxygen atoms in total. The van der Waals surface area contributed by atoms with Crippen LogP contribution < -0.4 is 0 Å². The summed E-state index contributed by atoms with van der Waals surface area (Å²) in [6.07, 6.45) is 1.22. The van der Waals surface area contributed by atoms with E-state index >= 15 is 0 Å². The lowest BCUT2D eigenvalue weighted by molar-refractivity contribution is -0.133. The first-order valence-electron chi connectivity index (χ1n) is 5.50. The number of aliphatic hydroxyl groups excluding tert-OH is 1. The molecular weight excluding hydrogens is 180 g/mol. The molecule has 0 fully saturated rings. The molecule has 14 heavy (non-hydrogen) atoms. The molecule has 0 rings (SSSR count). The smallest absolute Gasteiger partial charge is 0.106 e. The molecule has 0 saturated carbocycles. The Bertz CT molecular complexity index is 138. The maximum Gasteiger partial charge on any atom is 0.106 e. The molecular formula is C11H24O3. The van der Waals surface area contributed by atoms with E-state index in [4.69, 9.17) is 9.47 Å². The van der Waals surface area contributed by atoms with Gasteiger partial charge in [-0.1, -0.05) is 13.8 Å². The molecule has 2 unspecified atom stereocenters. The van der Waals surface area contributed by atoms with Gasteiger partial charge in [0.15, 0.2) is 0 Å². The highest BCUT2D eigenvalue weighted by molar-refractivity contribution is 4.82. The topological polar surface area (TPSA) is 38.7 Å². The molecule has 3 heteroatoms. The molecule has 86 valence electrons. The number of aliphatic hydroxyl groups is 1. The fraction of sp³-hybridized carbons (Fsp3) is 1.00. The van der Waals surface area contributed by atoms with Crippen LogP contribution in [0.2, 0.25) is 0 Å². The minimum absolute atomic E-state index is 0.359. The fourth-order valence-electron chi connectivity index (χ4n) is 1.28. The van der Waals surface area contributed by atoms with Crippen molar-refractivity contribution in [3.63, 3.8) is 0 Å². The van der Waals surface area contributed by atoms with Crippen LogP contribution in [0.3, 0.4) is 0 Å². The Kier molecular flexibility index (Phi) is 7.15. The minimum atomic E-state index is -0.543. The van der Waals surface area contributed by atoms with Crippen molar-refractivity contribution in [3.8, 4) is 0 Å². The van der Waals surface area contributed by atoms with Gasteiger partial charge in [-0.3, -0.25) is 0 Å². The van der Waals surface area contributed by atoms with Crippen molar-refractivity contribution in [2.75, 3.05) is 19.8 Å². The molecule has 0 spiro atoms. The Morgan fingerprint density at radius 2 is 1.93 bits per heavy atom. The summed E-state index contributed by atoms with van der Waals surface area (Å²) in [5.74, 6) is 0. The summed E-state index contributed by atoms with van der Waals surface area (Å²) >= 11 is 0. The molecule has 0 aliphatic carbocycles. The van der Waals surface area contributed by atoms with Crippen LogP contribution in [-0.4, -0.2) is 36.6 Å². The Morgan fingerprint density at radius 3 is 2.36 bits per heavy atom. The quantitative estimate of drug-likeness (QED) is 0.614. The average Bonchev–Trinajstić information content (AvgIpc) is 2.18. The van der Waals surface area contributed by atoms with Crippen molar-refractivity contribution in [2.45, 2.75) is 52.2 Å². The highest BCUT2D eigenvalue weighted by Crippen LogP contribution is 2.20. The highest BCUT2D eigenvalue weighted by Gasteiger charge is 2.31. The predicted molar refractivity (Wildman–Crippen MR) is 57.4 cm³/mol. The Labute approximate surface area is 87.4 Å². The Balaban J connectivity index is 3.95. The van der Waals surface area contributed by atoms with Crippen molar-refractivity contribution in [2.24, 2.45) is 0 Å². The largest absolute Gasteiger partial charge is 0.388 e. The van der Waals surface area contributed by atoms with Gasteiger partial charge in [-0.2, -0.15) is 0 Å². The van der Waals surface area contributed by atoms with E-state index in [-0.39, 0.29) is 0 Å². The van der Waals surface area contributed by atoms with Crippen LogP contribution in [0.15, 0.2) is 0 Å². The van der Waals surface area contributed by atoms with Gasteiger partial charge in [0.1, 0.15) is 6.10 Å². The summed E-state index contributed by atoms with van der Waals surface area (Å²) in [5, 5.41) is 9.88. The maximum absolute atomic E-state index is 9.88. The van der Waals surface area contributed by atoms with E-state index < -0.39 is 11.7 Å². The molecule has 0 aliphatic rings. The standard InChI is InChI=1S/C11H24O3/c1-5-8-13-9-10(12)11(4,6-2)14-7-3/h10,12H,5-9H2,1-4H3. The van der Waals surface area contributed by atoms with Crippen molar-refractivity contribution < 1.29 is 14.6 Å². The minimum Gasteiger partial charge on any atom is -0.388 e. The van der Waals surface area contributed by atoms with Crippen LogP contribution in [0.1, 0.15) is 40.5 Å². The van der Waals surface area contributed by atoms with Gasteiger partial charge in [0, 0.05) is 13.2 Å². The number of hydrogen-bond acceptors (Lipinski definition) is 3. The van der Waals surface area contributed by atoms with Gasteiger partial charge in [0.05, 0.1) is 12.2 Å². The van der Waals surface area contributed by atoms with Gasteiger partial charge in [-0.05, 0) is 26.7 Å². The monoisotopic (exact) mass is 204 g/mol. The van der Waals surface area contributed by atoms with E-state index in [0.29, 0.717) is 19.8 Å². The summed E-state index contributed by atoms with van der Waals surface area (Å²) in [6.45, 7) is 9.60. The van der Waals surface area contributed by atoms with Gasteiger partial charge in [-0.15, -0.1) is 0 Å². The van der Waals surface area contributed by atoms with Crippen molar-refractivity contribution in [1.82, 2.24) is 0 Å². The van der Waals surface area contributed by atoms with E-state index in [1.807, 2.05) is 27.7 Å². The zero-order chi connectivity index (χ0) is 11.0. The Hall–Kier alpha value is -0.120. The zero-order valence-electron chi connectivity index (χ0n) is 9.88. The summed E-state index contributed by atoms with van der Waals surface area (Å²) in [6, 6.07) is 0. The van der Waals surface area contributed by atoms with E-state index in [2.05, 4.69) is 0 Å². The molecule has 0 aliphatic heterocycles. The summed E-state index contributed by atoms with van der Waals surface area (Å²) in [4.78, 5) is 0. The van der Waals surface area contributed by atoms with Crippen molar-refractivity contribution >= 4 is 0 Å². The second-order valence-electron chi connectivity index (χ2n) is 3.69. The summed E-state index contributed by atoms with van der Waals surface area (Å²) in [5.41, 5.74) is -0.470. The molecule has 0 radical (unpaired) electrons. The maximum atomic E-state index is 9.88. The van der Waals surface area contributed by atoms with Gasteiger partial charge in [0.2, 0.25) is 0 Å². The molecule has 0 amide bonds. The van der Waals surface area contributed by atoms with Gasteiger partial charge in [0.25, 0.3) is 0 Å². The molecule has 0 bridgehead atoms. The number of hydrogen-bond donors (Lipinski definition) is 1. The third-order valence-electron chi connectivity index (χ3n) is 2.51. The fourth-order valence-corrected chi connectivity index (χ4v) is 1.28. The molecule has 0 saturated heterocycles. The van der Waals surface area contributed by atoms with Crippen molar-refractivity contribution in [1.29, 1.82) is 0 Å². The van der Waals surface area contributed by atoms with Gasteiger partial charge >= 0.3 is 0 Å². The highest BCUT2D eigenvalue weighted by atomic mass is 16.5. The first-order valence-corrected chi connectivity index (χ1v) is 5.50. The predicted octanol–water partition coefficient (Wildman–Crippen LogP) is 1.98. The average molecular weight is 204 g/mol. The van der Waals surface area contributed by atoms with Crippen LogP contribution in [0.25, 0.3) is 0 Å². The molecule has 2 atom stereocenters. The first-order chi connectivity index (χ1) is 6.60. The van der Waals surface area contributed by atoms with Gasteiger partial charge < -0.3 is 14.6 Å². The lowest BCUT2D eigenvalue weighted by Crippen LogP contribution is -2.44. The third kappa shape index (κ3) is 4.40. The van der Waals surface area contributed by atoms with E-state index in [1.54, 1.807) is 0 Å². The third-order valence-corrected chi connectivity index (χ3v) is 2.51. The molecule has 0 aromatic heterocycles. The number of ether oxygens (including phenoxy) is 2. The number of rotatable bonds is 8.